The molecule has 0 saturated carbocycles. The van der Waals surface area contributed by atoms with E-state index in [0.29, 0.717) is 37.1 Å². The van der Waals surface area contributed by atoms with Crippen LogP contribution >= 0.6 is 0 Å². The average molecular weight is 422 g/mol. The van der Waals surface area contributed by atoms with E-state index in [4.69, 9.17) is 0 Å². The highest BCUT2D eigenvalue weighted by molar-refractivity contribution is 5.93. The molecule has 9 heteroatoms. The largest absolute Gasteiger partial charge is 0.416 e. The molecule has 6 nitrogen and oxygen atoms in total. The number of alkyl halides is 3. The zero-order valence-electron chi connectivity index (χ0n) is 16.9. The second-order valence-corrected chi connectivity index (χ2v) is 7.76. The maximum Gasteiger partial charge on any atom is 0.416 e. The van der Waals surface area contributed by atoms with Gasteiger partial charge in [-0.2, -0.15) is 18.3 Å². The third-order valence-electron chi connectivity index (χ3n) is 5.44. The molecule has 1 fully saturated rings. The van der Waals surface area contributed by atoms with Gasteiger partial charge >= 0.3 is 6.18 Å². The number of halogens is 3. The summed E-state index contributed by atoms with van der Waals surface area (Å²) in [5, 5.41) is 6.95. The molecule has 1 aliphatic rings. The lowest BCUT2D eigenvalue weighted by Crippen LogP contribution is -2.46. The van der Waals surface area contributed by atoms with Crippen molar-refractivity contribution < 1.29 is 22.8 Å². The number of likely N-dealkylation sites (tertiary alicyclic amines) is 1. The Morgan fingerprint density at radius 1 is 1.20 bits per heavy atom. The third kappa shape index (κ3) is 5.40. The first-order valence-electron chi connectivity index (χ1n) is 9.88. The highest BCUT2D eigenvalue weighted by atomic mass is 19.4. The van der Waals surface area contributed by atoms with E-state index in [1.807, 2.05) is 6.92 Å². The van der Waals surface area contributed by atoms with Crippen molar-refractivity contribution in [2.24, 2.45) is 7.05 Å². The number of aromatic nitrogens is 2. The van der Waals surface area contributed by atoms with Crippen LogP contribution in [0.5, 0.6) is 0 Å². The molecule has 30 heavy (non-hydrogen) atoms. The van der Waals surface area contributed by atoms with Crippen LogP contribution in [0.3, 0.4) is 0 Å². The fourth-order valence-electron chi connectivity index (χ4n) is 3.59. The van der Waals surface area contributed by atoms with Gasteiger partial charge in [-0.1, -0.05) is 19.1 Å². The molecular formula is C21H25F3N4O2. The van der Waals surface area contributed by atoms with Crippen LogP contribution in [0.15, 0.2) is 36.7 Å². The van der Waals surface area contributed by atoms with Crippen LogP contribution in [0.1, 0.15) is 53.6 Å². The van der Waals surface area contributed by atoms with E-state index in [-0.39, 0.29) is 30.2 Å². The van der Waals surface area contributed by atoms with Gasteiger partial charge in [0.2, 0.25) is 5.91 Å². The molecule has 1 aromatic heterocycles. The normalized spacial score (nSPS) is 16.4. The molecular weight excluding hydrogens is 397 g/mol. The van der Waals surface area contributed by atoms with E-state index < -0.39 is 11.7 Å². The zero-order valence-corrected chi connectivity index (χ0v) is 16.9. The second-order valence-electron chi connectivity index (χ2n) is 7.76. The van der Waals surface area contributed by atoms with Crippen LogP contribution in [0, 0.1) is 0 Å². The molecule has 2 amide bonds. The van der Waals surface area contributed by atoms with Gasteiger partial charge in [0.1, 0.15) is 0 Å². The molecule has 162 valence electrons. The van der Waals surface area contributed by atoms with Crippen molar-refractivity contribution in [2.45, 2.75) is 44.3 Å². The van der Waals surface area contributed by atoms with Gasteiger partial charge in [-0.15, -0.1) is 0 Å². The lowest BCUT2D eigenvalue weighted by Gasteiger charge is -2.33. The minimum absolute atomic E-state index is 0.00547. The number of carbonyl (C=O) groups is 2. The van der Waals surface area contributed by atoms with E-state index in [1.165, 1.54) is 18.3 Å². The van der Waals surface area contributed by atoms with Crippen molar-refractivity contribution >= 4 is 11.8 Å². The van der Waals surface area contributed by atoms with Crippen LogP contribution in [0.2, 0.25) is 0 Å². The maximum atomic E-state index is 12.7. The summed E-state index contributed by atoms with van der Waals surface area (Å²) in [5.41, 5.74) is 0.511. The standard InChI is InChI=1S/C21H25F3N4O2/c1-14(15-3-5-17(6-4-15)21(22,23)24)11-19(29)28-9-7-18(8-10-28)26-20(30)16-12-25-27(2)13-16/h3-6,12-14,18H,7-11H2,1-2H3,(H,26,30). The van der Waals surface area contributed by atoms with E-state index in [0.717, 1.165) is 12.1 Å². The number of benzene rings is 1. The van der Waals surface area contributed by atoms with Crippen molar-refractivity contribution in [1.82, 2.24) is 20.0 Å². The summed E-state index contributed by atoms with van der Waals surface area (Å²) in [6, 6.07) is 4.95. The summed E-state index contributed by atoms with van der Waals surface area (Å²) in [6.45, 7) is 2.91. The van der Waals surface area contributed by atoms with Crippen LogP contribution in [0.4, 0.5) is 13.2 Å². The average Bonchev–Trinajstić information content (AvgIpc) is 3.14. The van der Waals surface area contributed by atoms with Gasteiger partial charge < -0.3 is 10.2 Å². The smallest absolute Gasteiger partial charge is 0.349 e. The summed E-state index contributed by atoms with van der Waals surface area (Å²) in [7, 11) is 1.74. The minimum atomic E-state index is -4.37. The summed E-state index contributed by atoms with van der Waals surface area (Å²) < 4.78 is 39.6. The fourth-order valence-corrected chi connectivity index (χ4v) is 3.59. The zero-order chi connectivity index (χ0) is 21.9. The molecule has 2 heterocycles. The number of amides is 2. The van der Waals surface area contributed by atoms with Gasteiger partial charge in [-0.3, -0.25) is 14.3 Å². The number of nitrogens with one attached hydrogen (secondary N) is 1. The molecule has 0 radical (unpaired) electrons. The molecule has 3 rings (SSSR count). The topological polar surface area (TPSA) is 67.2 Å². The van der Waals surface area contributed by atoms with Crippen LogP contribution in [0.25, 0.3) is 0 Å². The first kappa shape index (κ1) is 21.9. The number of rotatable bonds is 5. The molecule has 1 atom stereocenters. The minimum Gasteiger partial charge on any atom is -0.349 e. The van der Waals surface area contributed by atoms with Crippen molar-refractivity contribution in [3.8, 4) is 0 Å². The first-order chi connectivity index (χ1) is 14.1. The molecule has 1 saturated heterocycles. The summed E-state index contributed by atoms with van der Waals surface area (Å²) >= 11 is 0. The van der Waals surface area contributed by atoms with Gasteiger partial charge in [0.25, 0.3) is 5.91 Å². The molecule has 0 spiro atoms. The molecule has 0 bridgehead atoms. The van der Waals surface area contributed by atoms with Crippen molar-refractivity contribution in [3.63, 3.8) is 0 Å². The molecule has 2 aromatic rings. The Labute approximate surface area is 173 Å². The maximum absolute atomic E-state index is 12.7. The Bertz CT molecular complexity index is 884. The van der Waals surface area contributed by atoms with Crippen molar-refractivity contribution in [2.75, 3.05) is 13.1 Å². The van der Waals surface area contributed by atoms with Crippen LogP contribution < -0.4 is 5.32 Å². The monoisotopic (exact) mass is 422 g/mol. The molecule has 1 unspecified atom stereocenters. The summed E-state index contributed by atoms with van der Waals surface area (Å²) in [6.07, 6.45) is 0.346. The summed E-state index contributed by atoms with van der Waals surface area (Å²) in [5.74, 6) is -0.383. The number of carbonyl (C=O) groups excluding carboxylic acids is 2. The predicted molar refractivity (Wildman–Crippen MR) is 105 cm³/mol. The van der Waals surface area contributed by atoms with Crippen molar-refractivity contribution in [3.05, 3.63) is 53.3 Å². The lowest BCUT2D eigenvalue weighted by atomic mass is 9.95. The summed E-state index contributed by atoms with van der Waals surface area (Å²) in [4.78, 5) is 26.6. The Balaban J connectivity index is 1.47. The quantitative estimate of drug-likeness (QED) is 0.804. The molecule has 0 aliphatic carbocycles. The SMILES string of the molecule is CC(CC(=O)N1CCC(NC(=O)c2cnn(C)c2)CC1)c1ccc(C(F)(F)F)cc1. The van der Waals surface area contributed by atoms with Crippen LogP contribution in [-0.2, 0) is 18.0 Å². The third-order valence-corrected chi connectivity index (χ3v) is 5.44. The molecule has 1 N–H and O–H groups in total. The highest BCUT2D eigenvalue weighted by Crippen LogP contribution is 2.31. The van der Waals surface area contributed by atoms with Gasteiger partial charge in [0.15, 0.2) is 0 Å². The number of aryl methyl sites for hydroxylation is 1. The lowest BCUT2D eigenvalue weighted by molar-refractivity contribution is -0.137. The van der Waals surface area contributed by atoms with E-state index in [1.54, 1.807) is 22.8 Å². The highest BCUT2D eigenvalue weighted by Gasteiger charge is 2.30. The van der Waals surface area contributed by atoms with E-state index >= 15 is 0 Å². The van der Waals surface area contributed by atoms with Crippen LogP contribution in [-0.4, -0.2) is 45.6 Å². The van der Waals surface area contributed by atoms with E-state index in [9.17, 15) is 22.8 Å². The Morgan fingerprint density at radius 2 is 1.83 bits per heavy atom. The number of hydrogen-bond acceptors (Lipinski definition) is 3. The molecule has 1 aromatic carbocycles. The predicted octanol–water partition coefficient (Wildman–Crippen LogP) is 3.35. The van der Waals surface area contributed by atoms with Crippen molar-refractivity contribution in [1.29, 1.82) is 0 Å². The second kappa shape index (κ2) is 8.89. The van der Waals surface area contributed by atoms with Gasteiger partial charge in [0, 0.05) is 38.8 Å². The number of hydrogen-bond donors (Lipinski definition) is 1. The van der Waals surface area contributed by atoms with Gasteiger partial charge in [-0.05, 0) is 36.5 Å². The molecule has 1 aliphatic heterocycles. The number of nitrogens with zero attached hydrogens (tertiary/aromatic N) is 3. The van der Waals surface area contributed by atoms with Gasteiger partial charge in [-0.25, -0.2) is 0 Å². The Morgan fingerprint density at radius 3 is 2.37 bits per heavy atom. The van der Waals surface area contributed by atoms with E-state index in [2.05, 4.69) is 10.4 Å². The number of piperidine rings is 1. The fraction of sp³-hybridized carbons (Fsp3) is 0.476. The Hall–Kier alpha value is -2.84. The first-order valence-corrected chi connectivity index (χ1v) is 9.88. The van der Waals surface area contributed by atoms with Gasteiger partial charge in [0.05, 0.1) is 17.3 Å². The Kier molecular flexibility index (Phi) is 6.48.